The third kappa shape index (κ3) is 3.66. The highest BCUT2D eigenvalue weighted by atomic mass is 16.6. The minimum absolute atomic E-state index is 0.116. The van der Waals surface area contributed by atoms with Gasteiger partial charge in [0.15, 0.2) is 5.58 Å². The number of para-hydroxylation sites is 2. The molecule has 1 heterocycles. The first-order chi connectivity index (χ1) is 12.0. The predicted molar refractivity (Wildman–Crippen MR) is 90.6 cm³/mol. The number of urea groups is 1. The maximum Gasteiger partial charge on any atom is 0.420 e. The zero-order valence-electron chi connectivity index (χ0n) is 13.0. The van der Waals surface area contributed by atoms with E-state index < -0.39 is 16.7 Å². The number of carbonyl (C=O) groups is 1. The van der Waals surface area contributed by atoms with Crippen LogP contribution in [-0.2, 0) is 6.54 Å². The summed E-state index contributed by atoms with van der Waals surface area (Å²) < 4.78 is 6.52. The number of amides is 2. The van der Waals surface area contributed by atoms with Crippen molar-refractivity contribution in [2.24, 2.45) is 0 Å². The molecule has 3 aromatic rings. The zero-order chi connectivity index (χ0) is 17.8. The Kier molecular flexibility index (Phi) is 4.46. The first-order valence-electron chi connectivity index (χ1n) is 7.42. The topological polar surface area (TPSA) is 119 Å². The molecule has 9 nitrogen and oxygen atoms in total. The minimum Gasteiger partial charge on any atom is -0.408 e. The standard InChI is InChI=1S/C16H14N4O5/c21-15(18-11-4-3-5-12(10-11)20(23)24)17-8-9-19-13-6-1-2-7-14(13)25-16(19)22/h1-7,10H,8-9H2,(H2,17,18,21). The van der Waals surface area contributed by atoms with Crippen molar-refractivity contribution in [1.82, 2.24) is 9.88 Å². The average Bonchev–Trinajstić information content (AvgIpc) is 2.91. The summed E-state index contributed by atoms with van der Waals surface area (Å²) >= 11 is 0. The molecule has 2 aromatic carbocycles. The van der Waals surface area contributed by atoms with Gasteiger partial charge in [0, 0.05) is 30.9 Å². The number of fused-ring (bicyclic) bond motifs is 1. The molecule has 0 saturated heterocycles. The van der Waals surface area contributed by atoms with Crippen LogP contribution in [0.5, 0.6) is 0 Å². The second kappa shape index (κ2) is 6.87. The molecule has 0 fully saturated rings. The van der Waals surface area contributed by atoms with Crippen LogP contribution in [-0.4, -0.2) is 22.1 Å². The van der Waals surface area contributed by atoms with Gasteiger partial charge in [0.05, 0.1) is 10.4 Å². The maximum absolute atomic E-state index is 11.9. The van der Waals surface area contributed by atoms with E-state index in [2.05, 4.69) is 10.6 Å². The molecule has 0 atom stereocenters. The Bertz CT molecular complexity index is 991. The fourth-order valence-corrected chi connectivity index (χ4v) is 2.38. The molecule has 0 radical (unpaired) electrons. The highest BCUT2D eigenvalue weighted by Crippen LogP contribution is 2.16. The van der Waals surface area contributed by atoms with Crippen LogP contribution in [0, 0.1) is 10.1 Å². The second-order valence-electron chi connectivity index (χ2n) is 5.18. The Hall–Kier alpha value is -3.62. The highest BCUT2D eigenvalue weighted by molar-refractivity contribution is 5.89. The third-order valence-corrected chi connectivity index (χ3v) is 3.51. The fraction of sp³-hybridized carbons (Fsp3) is 0.125. The van der Waals surface area contributed by atoms with Gasteiger partial charge in [-0.3, -0.25) is 14.7 Å². The molecule has 0 unspecified atom stereocenters. The molecular weight excluding hydrogens is 328 g/mol. The van der Waals surface area contributed by atoms with Crippen LogP contribution in [0.15, 0.2) is 57.7 Å². The number of rotatable bonds is 5. The largest absolute Gasteiger partial charge is 0.420 e. The van der Waals surface area contributed by atoms with E-state index in [1.54, 1.807) is 30.3 Å². The lowest BCUT2D eigenvalue weighted by molar-refractivity contribution is -0.384. The summed E-state index contributed by atoms with van der Waals surface area (Å²) in [6.45, 7) is 0.419. The Labute approximate surface area is 141 Å². The Morgan fingerprint density at radius 2 is 2.00 bits per heavy atom. The van der Waals surface area contributed by atoms with Crippen molar-refractivity contribution in [1.29, 1.82) is 0 Å². The molecule has 0 aliphatic carbocycles. The number of non-ortho nitro benzene ring substituents is 1. The summed E-state index contributed by atoms with van der Waals surface area (Å²) in [5.74, 6) is -0.498. The monoisotopic (exact) mass is 342 g/mol. The van der Waals surface area contributed by atoms with E-state index in [1.165, 1.54) is 22.8 Å². The molecule has 0 aliphatic rings. The third-order valence-electron chi connectivity index (χ3n) is 3.51. The maximum atomic E-state index is 11.9. The normalized spacial score (nSPS) is 10.6. The van der Waals surface area contributed by atoms with E-state index in [4.69, 9.17) is 4.42 Å². The van der Waals surface area contributed by atoms with E-state index in [0.29, 0.717) is 16.8 Å². The van der Waals surface area contributed by atoms with E-state index in [0.717, 1.165) is 0 Å². The van der Waals surface area contributed by atoms with Crippen LogP contribution >= 0.6 is 0 Å². The van der Waals surface area contributed by atoms with Crippen molar-refractivity contribution in [3.05, 3.63) is 69.2 Å². The first kappa shape index (κ1) is 16.2. The van der Waals surface area contributed by atoms with Crippen LogP contribution in [0.2, 0.25) is 0 Å². The van der Waals surface area contributed by atoms with E-state index in [-0.39, 0.29) is 18.8 Å². The number of anilines is 1. The Morgan fingerprint density at radius 3 is 2.80 bits per heavy atom. The van der Waals surface area contributed by atoms with Crippen molar-refractivity contribution < 1.29 is 14.1 Å². The number of hydrogen-bond acceptors (Lipinski definition) is 5. The van der Waals surface area contributed by atoms with Gasteiger partial charge < -0.3 is 15.1 Å². The quantitative estimate of drug-likeness (QED) is 0.545. The van der Waals surface area contributed by atoms with Crippen molar-refractivity contribution in [3.8, 4) is 0 Å². The number of nitrogens with zero attached hydrogens (tertiary/aromatic N) is 2. The molecule has 0 saturated carbocycles. The SMILES string of the molecule is O=C(NCCn1c(=O)oc2ccccc21)Nc1cccc([N+](=O)[O-])c1. The summed E-state index contributed by atoms with van der Waals surface area (Å²) in [7, 11) is 0. The number of aromatic nitrogens is 1. The fourth-order valence-electron chi connectivity index (χ4n) is 2.38. The summed E-state index contributed by atoms with van der Waals surface area (Å²) in [5, 5.41) is 15.8. The highest BCUT2D eigenvalue weighted by Gasteiger charge is 2.10. The lowest BCUT2D eigenvalue weighted by atomic mass is 10.3. The molecule has 2 N–H and O–H groups in total. The number of hydrogen-bond donors (Lipinski definition) is 2. The van der Waals surface area contributed by atoms with E-state index in [1.807, 2.05) is 0 Å². The first-order valence-corrected chi connectivity index (χ1v) is 7.42. The molecule has 128 valence electrons. The van der Waals surface area contributed by atoms with Gasteiger partial charge in [0.2, 0.25) is 0 Å². The zero-order valence-corrected chi connectivity index (χ0v) is 13.0. The van der Waals surface area contributed by atoms with Gasteiger partial charge in [-0.25, -0.2) is 9.59 Å². The molecule has 25 heavy (non-hydrogen) atoms. The van der Waals surface area contributed by atoms with Gasteiger partial charge >= 0.3 is 11.8 Å². The number of nitro benzene ring substituents is 1. The van der Waals surface area contributed by atoms with Crippen LogP contribution in [0.3, 0.4) is 0 Å². The van der Waals surface area contributed by atoms with Crippen LogP contribution < -0.4 is 16.4 Å². The lowest BCUT2D eigenvalue weighted by Gasteiger charge is -2.08. The van der Waals surface area contributed by atoms with Gasteiger partial charge in [0.1, 0.15) is 0 Å². The number of nitro groups is 1. The van der Waals surface area contributed by atoms with Gasteiger partial charge in [-0.2, -0.15) is 0 Å². The molecule has 2 amide bonds. The molecule has 0 spiro atoms. The Balaban J connectivity index is 1.59. The summed E-state index contributed by atoms with van der Waals surface area (Å²) in [6.07, 6.45) is 0. The van der Waals surface area contributed by atoms with Gasteiger partial charge in [0.25, 0.3) is 5.69 Å². The lowest BCUT2D eigenvalue weighted by Crippen LogP contribution is -2.32. The van der Waals surface area contributed by atoms with Crippen molar-refractivity contribution in [2.45, 2.75) is 6.54 Å². The number of carbonyl (C=O) groups excluding carboxylic acids is 1. The smallest absolute Gasteiger partial charge is 0.408 e. The van der Waals surface area contributed by atoms with Crippen molar-refractivity contribution in [3.63, 3.8) is 0 Å². The van der Waals surface area contributed by atoms with Crippen LogP contribution in [0.25, 0.3) is 11.1 Å². The molecule has 3 rings (SSSR count). The molecule has 1 aromatic heterocycles. The van der Waals surface area contributed by atoms with Gasteiger partial charge in [-0.05, 0) is 18.2 Å². The number of benzene rings is 2. The molecule has 0 bridgehead atoms. The van der Waals surface area contributed by atoms with Gasteiger partial charge in [-0.1, -0.05) is 18.2 Å². The van der Waals surface area contributed by atoms with Gasteiger partial charge in [-0.15, -0.1) is 0 Å². The van der Waals surface area contributed by atoms with Crippen LogP contribution in [0.1, 0.15) is 0 Å². The molecule has 9 heteroatoms. The molecule has 0 aliphatic heterocycles. The average molecular weight is 342 g/mol. The molecular formula is C16H14N4O5. The number of oxazole rings is 1. The summed E-state index contributed by atoms with van der Waals surface area (Å²) in [4.78, 5) is 33.9. The van der Waals surface area contributed by atoms with Crippen molar-refractivity contribution >= 4 is 28.5 Å². The Morgan fingerprint density at radius 1 is 1.20 bits per heavy atom. The summed E-state index contributed by atoms with van der Waals surface area (Å²) in [5.41, 5.74) is 1.31. The summed E-state index contributed by atoms with van der Waals surface area (Å²) in [6, 6.07) is 12.1. The second-order valence-corrected chi connectivity index (χ2v) is 5.18. The minimum atomic E-state index is -0.542. The van der Waals surface area contributed by atoms with E-state index in [9.17, 15) is 19.7 Å². The van der Waals surface area contributed by atoms with E-state index >= 15 is 0 Å². The van der Waals surface area contributed by atoms with Crippen molar-refractivity contribution in [2.75, 3.05) is 11.9 Å². The van der Waals surface area contributed by atoms with Crippen LogP contribution in [0.4, 0.5) is 16.2 Å². The predicted octanol–water partition coefficient (Wildman–Crippen LogP) is 2.32. The number of nitrogens with one attached hydrogen (secondary N) is 2.